The number of hydrogen-bond acceptors (Lipinski definition) is 3. The van der Waals surface area contributed by atoms with E-state index in [4.69, 9.17) is 0 Å². The number of ether oxygens (including phenoxy) is 1. The smallest absolute Gasteiger partial charge is 0.337 e. The van der Waals surface area contributed by atoms with Crippen LogP contribution in [0.5, 0.6) is 0 Å². The van der Waals surface area contributed by atoms with Crippen molar-refractivity contribution in [3.05, 3.63) is 23.8 Å². The van der Waals surface area contributed by atoms with Crippen molar-refractivity contribution in [1.29, 1.82) is 0 Å². The molecule has 3 nitrogen and oxygen atoms in total. The summed E-state index contributed by atoms with van der Waals surface area (Å²) in [6.07, 6.45) is 2.08. The average Bonchev–Trinajstić information content (AvgIpc) is 2.59. The number of fused-ring (bicyclic) bond motifs is 1. The van der Waals surface area contributed by atoms with E-state index in [9.17, 15) is 4.79 Å². The third-order valence-electron chi connectivity index (χ3n) is 2.08. The Morgan fingerprint density at radius 3 is 3.00 bits per heavy atom. The van der Waals surface area contributed by atoms with Gasteiger partial charge in [0.15, 0.2) is 0 Å². The van der Waals surface area contributed by atoms with Crippen molar-refractivity contribution in [3.8, 4) is 0 Å². The van der Waals surface area contributed by atoms with Gasteiger partial charge in [0.2, 0.25) is 0 Å². The first-order valence-electron chi connectivity index (χ1n) is 4.13. The van der Waals surface area contributed by atoms with Crippen molar-refractivity contribution in [3.63, 3.8) is 0 Å². The molecule has 4 heteroatoms. The van der Waals surface area contributed by atoms with Gasteiger partial charge in [-0.15, -0.1) is 10.9 Å². The van der Waals surface area contributed by atoms with Crippen molar-refractivity contribution in [2.24, 2.45) is 4.99 Å². The summed E-state index contributed by atoms with van der Waals surface area (Å²) >= 11 is 0. The second-order valence-corrected chi connectivity index (χ2v) is 4.73. The van der Waals surface area contributed by atoms with Gasteiger partial charge in [0.05, 0.1) is 23.9 Å². The molecule has 0 amide bonds. The summed E-state index contributed by atoms with van der Waals surface area (Å²) in [4.78, 5) is 16.6. The lowest BCUT2D eigenvalue weighted by atomic mass is 10.2. The second kappa shape index (κ2) is 3.46. The molecule has 0 aromatic heterocycles. The molecule has 1 aromatic carbocycles. The molecule has 0 spiro atoms. The van der Waals surface area contributed by atoms with Gasteiger partial charge < -0.3 is 4.74 Å². The van der Waals surface area contributed by atoms with Crippen LogP contribution in [0.3, 0.4) is 0 Å². The molecule has 0 saturated heterocycles. The molecule has 1 radical (unpaired) electrons. The van der Waals surface area contributed by atoms with Crippen LogP contribution in [0.25, 0.3) is 0 Å². The molecule has 1 aromatic rings. The highest BCUT2D eigenvalue weighted by atomic mass is 32.2. The third kappa shape index (κ3) is 1.42. The predicted octanol–water partition coefficient (Wildman–Crippen LogP) is 2.40. The highest BCUT2D eigenvalue weighted by Gasteiger charge is 2.15. The Balaban J connectivity index is 2.42. The Bertz CT molecular complexity index is 415. The molecule has 0 saturated carbocycles. The van der Waals surface area contributed by atoms with E-state index in [1.165, 1.54) is 7.11 Å². The van der Waals surface area contributed by atoms with Crippen molar-refractivity contribution in [2.45, 2.75) is 4.90 Å². The number of aliphatic imine (C=N–C) groups is 1. The highest BCUT2D eigenvalue weighted by Crippen LogP contribution is 2.43. The Morgan fingerprint density at radius 1 is 1.50 bits per heavy atom. The van der Waals surface area contributed by atoms with E-state index in [1.54, 1.807) is 6.07 Å². The molecule has 2 rings (SSSR count). The van der Waals surface area contributed by atoms with Gasteiger partial charge in [-0.25, -0.2) is 9.79 Å². The summed E-state index contributed by atoms with van der Waals surface area (Å²) < 4.78 is 4.65. The highest BCUT2D eigenvalue weighted by molar-refractivity contribution is 8.28. The normalized spacial score (nSPS) is 14.1. The van der Waals surface area contributed by atoms with Gasteiger partial charge in [0.1, 0.15) is 0 Å². The fraction of sp³-hybridized carbons (Fsp3) is 0.200. The summed E-state index contributed by atoms with van der Waals surface area (Å²) in [5.41, 5.74) is 3.46. The van der Waals surface area contributed by atoms with Crippen molar-refractivity contribution >= 4 is 28.1 Å². The minimum absolute atomic E-state index is 0.0240. The molecule has 0 unspecified atom stereocenters. The van der Waals surface area contributed by atoms with Gasteiger partial charge in [-0.2, -0.15) is 0 Å². The molecule has 73 valence electrons. The maximum atomic E-state index is 11.3. The quantitative estimate of drug-likeness (QED) is 0.665. The number of esters is 1. The first kappa shape index (κ1) is 9.27. The molecule has 1 heterocycles. The summed E-state index contributed by atoms with van der Waals surface area (Å²) in [5, 5.41) is 0. The van der Waals surface area contributed by atoms with Crippen LogP contribution in [0.1, 0.15) is 10.4 Å². The molecule has 14 heavy (non-hydrogen) atoms. The Hall–Kier alpha value is -1.29. The summed E-state index contributed by atoms with van der Waals surface area (Å²) in [5.74, 6) is -0.295. The molecule has 0 fully saturated rings. The molecule has 1 aliphatic rings. The van der Waals surface area contributed by atoms with Crippen LogP contribution in [0.2, 0.25) is 0 Å². The maximum absolute atomic E-state index is 11.3. The van der Waals surface area contributed by atoms with Crippen molar-refractivity contribution < 1.29 is 9.53 Å². The zero-order valence-corrected chi connectivity index (χ0v) is 8.80. The van der Waals surface area contributed by atoms with E-state index in [0.717, 1.165) is 10.6 Å². The zero-order valence-electron chi connectivity index (χ0n) is 7.98. The monoisotopic (exact) mass is 208 g/mol. The van der Waals surface area contributed by atoms with Crippen molar-refractivity contribution in [2.75, 3.05) is 13.4 Å². The van der Waals surface area contributed by atoms with Crippen LogP contribution in [0.15, 0.2) is 28.1 Å². The Morgan fingerprint density at radius 2 is 2.29 bits per heavy atom. The fourth-order valence-corrected chi connectivity index (χ4v) is 2.46. The van der Waals surface area contributed by atoms with E-state index >= 15 is 0 Å². The summed E-state index contributed by atoms with van der Waals surface area (Å²) in [6.45, 7) is 0. The van der Waals surface area contributed by atoms with Crippen LogP contribution >= 0.6 is 10.9 Å². The van der Waals surface area contributed by atoms with E-state index in [0.29, 0.717) is 5.56 Å². The fourth-order valence-electron chi connectivity index (χ4n) is 1.32. The Labute approximate surface area is 85.1 Å². The molecule has 0 bridgehead atoms. The second-order valence-electron chi connectivity index (χ2n) is 2.97. The maximum Gasteiger partial charge on any atom is 0.337 e. The van der Waals surface area contributed by atoms with E-state index in [2.05, 4.69) is 16.0 Å². The number of methoxy groups -OCH3 is 1. The molecular formula is C10H10NO2S. The first-order valence-corrected chi connectivity index (χ1v) is 5.83. The van der Waals surface area contributed by atoms with Crippen LogP contribution < -0.4 is 0 Å². The largest absolute Gasteiger partial charge is 0.465 e. The van der Waals surface area contributed by atoms with Gasteiger partial charge >= 0.3 is 5.97 Å². The van der Waals surface area contributed by atoms with Gasteiger partial charge in [0, 0.05) is 4.90 Å². The van der Waals surface area contributed by atoms with Crippen LogP contribution in [-0.4, -0.2) is 24.9 Å². The molecule has 0 N–H and O–H groups in total. The van der Waals surface area contributed by atoms with E-state index < -0.39 is 0 Å². The number of rotatable bonds is 1. The van der Waals surface area contributed by atoms with Crippen LogP contribution in [0.4, 0.5) is 5.69 Å². The average molecular weight is 208 g/mol. The number of benzene rings is 1. The van der Waals surface area contributed by atoms with Crippen LogP contribution in [0, 0.1) is 0 Å². The zero-order chi connectivity index (χ0) is 10.1. The summed E-state index contributed by atoms with van der Waals surface area (Å²) in [7, 11) is 1.41. The lowest BCUT2D eigenvalue weighted by Crippen LogP contribution is -2.00. The predicted molar refractivity (Wildman–Crippen MR) is 57.7 cm³/mol. The molecular weight excluding hydrogens is 198 g/mol. The van der Waals surface area contributed by atoms with Gasteiger partial charge in [-0.05, 0) is 24.5 Å². The number of carbonyl (C=O) groups excluding carboxylic acids is 1. The lowest BCUT2D eigenvalue weighted by molar-refractivity contribution is 0.0600. The first-order chi connectivity index (χ1) is 6.72. The number of carbonyl (C=O) groups is 1. The molecule has 0 atom stereocenters. The topological polar surface area (TPSA) is 38.7 Å². The van der Waals surface area contributed by atoms with Gasteiger partial charge in [0.25, 0.3) is 0 Å². The minimum Gasteiger partial charge on any atom is -0.465 e. The lowest BCUT2D eigenvalue weighted by Gasteiger charge is -2.06. The summed E-state index contributed by atoms with van der Waals surface area (Å²) in [6, 6.07) is 5.45. The van der Waals surface area contributed by atoms with Gasteiger partial charge in [-0.1, -0.05) is 0 Å². The van der Waals surface area contributed by atoms with Crippen molar-refractivity contribution in [1.82, 2.24) is 0 Å². The molecule has 0 aliphatic carbocycles. The van der Waals surface area contributed by atoms with Gasteiger partial charge in [-0.3, -0.25) is 0 Å². The van der Waals surface area contributed by atoms with E-state index in [1.807, 2.05) is 17.7 Å². The van der Waals surface area contributed by atoms with E-state index in [-0.39, 0.29) is 16.9 Å². The number of nitrogens with zero attached hydrogens (tertiary/aromatic N) is 1. The third-order valence-corrected chi connectivity index (χ3v) is 3.52. The molecule has 1 aliphatic heterocycles. The minimum atomic E-state index is -0.295. The SMILES string of the molecule is COC(=O)c1ccc2c(c1)[S](C)C=N2. The van der Waals surface area contributed by atoms with Crippen LogP contribution in [-0.2, 0) is 4.74 Å². The number of hydrogen-bond donors (Lipinski definition) is 0. The Kier molecular flexibility index (Phi) is 2.29. The standard InChI is InChI=1S/C10H10NO2S/c1-13-10(12)7-3-4-8-9(5-7)14(2)6-11-8/h3-6H,1-2H3.